The summed E-state index contributed by atoms with van der Waals surface area (Å²) in [6.45, 7) is 2.16. The summed E-state index contributed by atoms with van der Waals surface area (Å²) in [5, 5.41) is 6.11. The number of benzene rings is 3. The fraction of sp³-hybridized carbons (Fsp3) is 0.0909. The maximum Gasteiger partial charge on any atom is 0.255 e. The van der Waals surface area contributed by atoms with Crippen molar-refractivity contribution < 1.29 is 14.0 Å². The van der Waals surface area contributed by atoms with Crippen molar-refractivity contribution in [3.63, 3.8) is 0 Å². The molecule has 4 nitrogen and oxygen atoms in total. The zero-order chi connectivity index (χ0) is 20.1. The Balaban J connectivity index is 1.62. The molecule has 0 aliphatic heterocycles. The van der Waals surface area contributed by atoms with E-state index in [9.17, 15) is 14.0 Å². The molecule has 0 aliphatic carbocycles. The second-order valence-corrected chi connectivity index (χ2v) is 6.74. The van der Waals surface area contributed by atoms with E-state index >= 15 is 0 Å². The Kier molecular flexibility index (Phi) is 6.06. The van der Waals surface area contributed by atoms with E-state index in [1.807, 2.05) is 13.0 Å². The van der Waals surface area contributed by atoms with Crippen molar-refractivity contribution >= 4 is 29.1 Å². The van der Waals surface area contributed by atoms with Crippen molar-refractivity contribution in [1.82, 2.24) is 5.32 Å². The predicted molar refractivity (Wildman–Crippen MR) is 108 cm³/mol. The third-order valence-electron chi connectivity index (χ3n) is 4.22. The Labute approximate surface area is 167 Å². The van der Waals surface area contributed by atoms with Gasteiger partial charge in [-0.2, -0.15) is 0 Å². The van der Waals surface area contributed by atoms with Gasteiger partial charge in [0, 0.05) is 28.4 Å². The van der Waals surface area contributed by atoms with Gasteiger partial charge in [0.2, 0.25) is 0 Å². The van der Waals surface area contributed by atoms with Gasteiger partial charge in [-0.25, -0.2) is 4.39 Å². The zero-order valence-corrected chi connectivity index (χ0v) is 15.9. The minimum absolute atomic E-state index is 0.276. The summed E-state index contributed by atoms with van der Waals surface area (Å²) in [6.07, 6.45) is 0. The van der Waals surface area contributed by atoms with E-state index in [2.05, 4.69) is 10.6 Å². The highest BCUT2D eigenvalue weighted by atomic mass is 35.5. The fourth-order valence-electron chi connectivity index (χ4n) is 2.58. The van der Waals surface area contributed by atoms with Crippen LogP contribution in [0, 0.1) is 12.7 Å². The van der Waals surface area contributed by atoms with Crippen LogP contribution >= 0.6 is 11.6 Å². The number of carbonyl (C=O) groups is 2. The Bertz CT molecular complexity index is 1000. The van der Waals surface area contributed by atoms with Gasteiger partial charge >= 0.3 is 0 Å². The molecule has 2 amide bonds. The minimum atomic E-state index is -0.322. The lowest BCUT2D eigenvalue weighted by Gasteiger charge is -2.10. The molecule has 0 bridgehead atoms. The molecule has 0 saturated heterocycles. The first kappa shape index (κ1) is 19.6. The van der Waals surface area contributed by atoms with E-state index in [4.69, 9.17) is 11.6 Å². The molecule has 0 aliphatic rings. The van der Waals surface area contributed by atoms with Crippen molar-refractivity contribution in [3.8, 4) is 0 Å². The van der Waals surface area contributed by atoms with Crippen LogP contribution in [0.5, 0.6) is 0 Å². The first-order valence-electron chi connectivity index (χ1n) is 8.62. The van der Waals surface area contributed by atoms with E-state index in [1.54, 1.807) is 48.5 Å². The van der Waals surface area contributed by atoms with Gasteiger partial charge in [0.25, 0.3) is 11.8 Å². The molecule has 0 spiro atoms. The van der Waals surface area contributed by atoms with Crippen molar-refractivity contribution in [2.24, 2.45) is 0 Å². The number of halogens is 2. The Morgan fingerprint density at radius 2 is 1.50 bits per heavy atom. The topological polar surface area (TPSA) is 58.2 Å². The fourth-order valence-corrected chi connectivity index (χ4v) is 2.76. The van der Waals surface area contributed by atoms with Gasteiger partial charge < -0.3 is 10.6 Å². The molecule has 3 rings (SSSR count). The quantitative estimate of drug-likeness (QED) is 0.639. The number of rotatable bonds is 5. The van der Waals surface area contributed by atoms with Crippen molar-refractivity contribution in [2.75, 3.05) is 5.32 Å². The van der Waals surface area contributed by atoms with E-state index in [0.717, 1.165) is 11.1 Å². The molecule has 0 saturated carbocycles. The number of hydrogen-bond donors (Lipinski definition) is 2. The molecule has 0 unspecified atom stereocenters. The Morgan fingerprint density at radius 1 is 0.893 bits per heavy atom. The van der Waals surface area contributed by atoms with E-state index < -0.39 is 0 Å². The first-order valence-corrected chi connectivity index (χ1v) is 9.00. The molecular formula is C22H18ClFN2O2. The number of amides is 2. The van der Waals surface area contributed by atoms with Gasteiger partial charge in [-0.1, -0.05) is 29.8 Å². The van der Waals surface area contributed by atoms with Crippen LogP contribution in [-0.4, -0.2) is 11.8 Å². The minimum Gasteiger partial charge on any atom is -0.348 e. The van der Waals surface area contributed by atoms with Crippen LogP contribution in [-0.2, 0) is 6.54 Å². The molecule has 0 aromatic heterocycles. The monoisotopic (exact) mass is 396 g/mol. The molecule has 0 atom stereocenters. The lowest BCUT2D eigenvalue weighted by atomic mass is 10.1. The summed E-state index contributed by atoms with van der Waals surface area (Å²) < 4.78 is 12.9. The van der Waals surface area contributed by atoms with Crippen molar-refractivity contribution in [2.45, 2.75) is 13.5 Å². The molecule has 2 N–H and O–H groups in total. The van der Waals surface area contributed by atoms with Crippen LogP contribution < -0.4 is 10.6 Å². The van der Waals surface area contributed by atoms with Gasteiger partial charge in [-0.15, -0.1) is 0 Å². The molecule has 0 heterocycles. The van der Waals surface area contributed by atoms with Crippen LogP contribution in [0.25, 0.3) is 0 Å². The third kappa shape index (κ3) is 4.96. The lowest BCUT2D eigenvalue weighted by Crippen LogP contribution is -2.23. The molecule has 6 heteroatoms. The molecular weight excluding hydrogens is 379 g/mol. The molecule has 0 radical (unpaired) electrons. The Hall–Kier alpha value is -3.18. The normalized spacial score (nSPS) is 10.4. The van der Waals surface area contributed by atoms with Crippen LogP contribution in [0.4, 0.5) is 10.1 Å². The average Bonchev–Trinajstić information content (AvgIpc) is 2.70. The summed E-state index contributed by atoms with van der Waals surface area (Å²) >= 11 is 5.97. The molecule has 3 aromatic carbocycles. The van der Waals surface area contributed by atoms with Gasteiger partial charge in [-0.3, -0.25) is 9.59 Å². The molecule has 28 heavy (non-hydrogen) atoms. The highest BCUT2D eigenvalue weighted by molar-refractivity contribution is 6.31. The summed E-state index contributed by atoms with van der Waals surface area (Å²) in [5.74, 6) is -0.887. The van der Waals surface area contributed by atoms with E-state index in [0.29, 0.717) is 21.8 Å². The van der Waals surface area contributed by atoms with Gasteiger partial charge in [0.1, 0.15) is 5.82 Å². The largest absolute Gasteiger partial charge is 0.348 e. The molecule has 142 valence electrons. The molecule has 0 fully saturated rings. The van der Waals surface area contributed by atoms with Crippen LogP contribution in [0.3, 0.4) is 0 Å². The number of carbonyl (C=O) groups excluding carboxylic acids is 2. The summed E-state index contributed by atoms with van der Waals surface area (Å²) in [4.78, 5) is 24.7. The van der Waals surface area contributed by atoms with Gasteiger partial charge in [0.05, 0.1) is 0 Å². The number of nitrogens with one attached hydrogen (secondary N) is 2. The van der Waals surface area contributed by atoms with Gasteiger partial charge in [-0.05, 0) is 66.6 Å². The average molecular weight is 397 g/mol. The standard InChI is InChI=1S/C22H18ClFN2O2/c1-14-2-9-18(23)12-20(14)26-22(28)17-7-5-16(6-8-17)21(27)25-13-15-3-10-19(24)11-4-15/h2-12H,13H2,1H3,(H,25,27)(H,26,28). The highest BCUT2D eigenvalue weighted by Gasteiger charge is 2.10. The summed E-state index contributed by atoms with van der Waals surface area (Å²) in [7, 11) is 0. The summed E-state index contributed by atoms with van der Waals surface area (Å²) in [5.41, 5.74) is 3.18. The maximum atomic E-state index is 12.9. The number of hydrogen-bond acceptors (Lipinski definition) is 2. The third-order valence-corrected chi connectivity index (χ3v) is 4.46. The predicted octanol–water partition coefficient (Wildman–Crippen LogP) is 4.97. The first-order chi connectivity index (χ1) is 13.4. The summed E-state index contributed by atoms with van der Waals surface area (Å²) in [6, 6.07) is 17.5. The maximum absolute atomic E-state index is 12.9. The molecule has 3 aromatic rings. The van der Waals surface area contributed by atoms with Crippen LogP contribution in [0.1, 0.15) is 31.8 Å². The van der Waals surface area contributed by atoms with E-state index in [1.165, 1.54) is 12.1 Å². The van der Waals surface area contributed by atoms with Crippen LogP contribution in [0.2, 0.25) is 5.02 Å². The smallest absolute Gasteiger partial charge is 0.255 e. The number of aryl methyl sites for hydroxylation is 1. The number of anilines is 1. The van der Waals surface area contributed by atoms with Crippen molar-refractivity contribution in [1.29, 1.82) is 0 Å². The second kappa shape index (κ2) is 8.67. The van der Waals surface area contributed by atoms with Crippen LogP contribution in [0.15, 0.2) is 66.7 Å². The lowest BCUT2D eigenvalue weighted by molar-refractivity contribution is 0.0949. The SMILES string of the molecule is Cc1ccc(Cl)cc1NC(=O)c1ccc(C(=O)NCc2ccc(F)cc2)cc1. The Morgan fingerprint density at radius 3 is 2.14 bits per heavy atom. The zero-order valence-electron chi connectivity index (χ0n) is 15.1. The van der Waals surface area contributed by atoms with E-state index in [-0.39, 0.29) is 24.2 Å². The second-order valence-electron chi connectivity index (χ2n) is 6.30. The van der Waals surface area contributed by atoms with Gasteiger partial charge in [0.15, 0.2) is 0 Å². The highest BCUT2D eigenvalue weighted by Crippen LogP contribution is 2.21. The van der Waals surface area contributed by atoms with Crippen molar-refractivity contribution in [3.05, 3.63) is 99.8 Å².